The van der Waals surface area contributed by atoms with Crippen molar-refractivity contribution in [1.82, 2.24) is 0 Å². The number of benzene rings is 2. The first-order valence-corrected chi connectivity index (χ1v) is 8.43. The zero-order valence-corrected chi connectivity index (χ0v) is 15.1. The Bertz CT molecular complexity index is 1020. The second kappa shape index (κ2) is 7.62. The van der Waals surface area contributed by atoms with Crippen molar-refractivity contribution in [3.8, 4) is 11.5 Å². The molecule has 0 aliphatic carbocycles. The number of para-hydroxylation sites is 1. The van der Waals surface area contributed by atoms with Crippen LogP contribution >= 0.6 is 11.6 Å². The van der Waals surface area contributed by atoms with E-state index in [1.54, 1.807) is 36.4 Å². The van der Waals surface area contributed by atoms with Gasteiger partial charge in [-0.3, -0.25) is 4.79 Å². The van der Waals surface area contributed by atoms with Gasteiger partial charge in [0.15, 0.2) is 5.78 Å². The summed E-state index contributed by atoms with van der Waals surface area (Å²) in [4.78, 5) is 23.1. The highest BCUT2D eigenvalue weighted by molar-refractivity contribution is 6.32. The van der Waals surface area contributed by atoms with E-state index in [0.29, 0.717) is 27.7 Å². The van der Waals surface area contributed by atoms with Gasteiger partial charge in [0.25, 0.3) is 0 Å². The monoisotopic (exact) mass is 372 g/mol. The third-order valence-corrected chi connectivity index (χ3v) is 4.16. The van der Waals surface area contributed by atoms with Gasteiger partial charge < -0.3 is 13.9 Å². The smallest absolute Gasteiger partial charge is 0.336 e. The molecule has 0 saturated carbocycles. The first kappa shape index (κ1) is 18.0. The predicted molar refractivity (Wildman–Crippen MR) is 99.7 cm³/mol. The van der Waals surface area contributed by atoms with Crippen molar-refractivity contribution in [2.24, 2.45) is 0 Å². The number of ether oxygens (including phenoxy) is 2. The van der Waals surface area contributed by atoms with Gasteiger partial charge in [0, 0.05) is 17.5 Å². The summed E-state index contributed by atoms with van der Waals surface area (Å²) in [5.74, 6) is 0.843. The van der Waals surface area contributed by atoms with Crippen LogP contribution in [0.25, 0.3) is 11.0 Å². The molecular weight excluding hydrogens is 356 g/mol. The summed E-state index contributed by atoms with van der Waals surface area (Å²) in [6.07, 6.45) is 0. The molecule has 1 heterocycles. The normalized spacial score (nSPS) is 10.7. The Morgan fingerprint density at radius 1 is 1.08 bits per heavy atom. The Kier molecular flexibility index (Phi) is 5.28. The topological polar surface area (TPSA) is 65.7 Å². The molecule has 0 unspecified atom stereocenters. The molecule has 1 aromatic heterocycles. The van der Waals surface area contributed by atoms with E-state index < -0.39 is 5.63 Å². The molecule has 3 rings (SSSR count). The summed E-state index contributed by atoms with van der Waals surface area (Å²) < 4.78 is 16.5. The van der Waals surface area contributed by atoms with Crippen LogP contribution in [0.1, 0.15) is 22.8 Å². The Morgan fingerprint density at radius 3 is 2.50 bits per heavy atom. The lowest BCUT2D eigenvalue weighted by molar-refractivity contribution is 0.101. The van der Waals surface area contributed by atoms with E-state index in [9.17, 15) is 9.59 Å². The fourth-order valence-corrected chi connectivity index (χ4v) is 2.84. The highest BCUT2D eigenvalue weighted by atomic mass is 35.5. The van der Waals surface area contributed by atoms with Crippen LogP contribution in [0.5, 0.6) is 11.5 Å². The van der Waals surface area contributed by atoms with Gasteiger partial charge in [-0.2, -0.15) is 0 Å². The number of hydrogen-bond donors (Lipinski definition) is 0. The van der Waals surface area contributed by atoms with Crippen LogP contribution in [-0.2, 0) is 0 Å². The van der Waals surface area contributed by atoms with Gasteiger partial charge >= 0.3 is 5.63 Å². The maximum absolute atomic E-state index is 11.6. The predicted octanol–water partition coefficient (Wildman–Crippen LogP) is 4.42. The van der Waals surface area contributed by atoms with Crippen LogP contribution in [0.2, 0.25) is 5.02 Å². The summed E-state index contributed by atoms with van der Waals surface area (Å²) in [5, 5.41) is 1.17. The van der Waals surface area contributed by atoms with Crippen molar-refractivity contribution < 1.29 is 18.7 Å². The van der Waals surface area contributed by atoms with Crippen LogP contribution in [0.3, 0.4) is 0 Å². The maximum Gasteiger partial charge on any atom is 0.336 e. The molecular formula is C20H17ClO5. The van der Waals surface area contributed by atoms with E-state index in [-0.39, 0.29) is 19.0 Å². The number of ketones is 1. The number of aryl methyl sites for hydroxylation is 1. The van der Waals surface area contributed by atoms with E-state index in [4.69, 9.17) is 25.5 Å². The second-order valence-corrected chi connectivity index (χ2v) is 6.18. The molecule has 0 aliphatic rings. The largest absolute Gasteiger partial charge is 0.489 e. The molecule has 0 fully saturated rings. The van der Waals surface area contributed by atoms with Crippen molar-refractivity contribution in [2.75, 3.05) is 13.2 Å². The van der Waals surface area contributed by atoms with E-state index in [0.717, 1.165) is 10.9 Å². The van der Waals surface area contributed by atoms with Crippen molar-refractivity contribution in [1.29, 1.82) is 0 Å². The number of Topliss-reactive ketones (excluding diaryl/α,β-unsaturated/α-hetero) is 1. The van der Waals surface area contributed by atoms with Gasteiger partial charge in [-0.15, -0.1) is 0 Å². The maximum atomic E-state index is 11.6. The molecule has 134 valence electrons. The highest BCUT2D eigenvalue weighted by Gasteiger charge is 2.10. The summed E-state index contributed by atoms with van der Waals surface area (Å²) >= 11 is 6.25. The molecule has 0 saturated heterocycles. The molecule has 3 aromatic rings. The van der Waals surface area contributed by atoms with Gasteiger partial charge in [-0.05, 0) is 37.6 Å². The number of carbonyl (C=O) groups is 1. The molecule has 6 heteroatoms. The second-order valence-electron chi connectivity index (χ2n) is 5.78. The molecule has 26 heavy (non-hydrogen) atoms. The average molecular weight is 373 g/mol. The zero-order valence-electron chi connectivity index (χ0n) is 14.4. The fourth-order valence-electron chi connectivity index (χ4n) is 2.62. The van der Waals surface area contributed by atoms with Gasteiger partial charge in [0.1, 0.15) is 30.3 Å². The Hall–Kier alpha value is -2.79. The van der Waals surface area contributed by atoms with Crippen LogP contribution in [0.15, 0.2) is 51.7 Å². The van der Waals surface area contributed by atoms with Gasteiger partial charge in [-0.1, -0.05) is 23.7 Å². The minimum atomic E-state index is -0.424. The Labute approximate surface area is 155 Å². The van der Waals surface area contributed by atoms with E-state index >= 15 is 0 Å². The molecule has 0 amide bonds. The quantitative estimate of drug-likeness (QED) is 0.364. The Balaban J connectivity index is 1.70. The van der Waals surface area contributed by atoms with Gasteiger partial charge in [-0.25, -0.2) is 4.79 Å². The minimum Gasteiger partial charge on any atom is -0.489 e. The van der Waals surface area contributed by atoms with E-state index in [1.807, 2.05) is 6.92 Å². The fraction of sp³-hybridized carbons (Fsp3) is 0.200. The zero-order chi connectivity index (χ0) is 18.7. The number of rotatable bonds is 6. The summed E-state index contributed by atoms with van der Waals surface area (Å²) in [7, 11) is 0. The van der Waals surface area contributed by atoms with E-state index in [2.05, 4.69) is 0 Å². The van der Waals surface area contributed by atoms with Gasteiger partial charge in [0.05, 0.1) is 10.6 Å². The first-order valence-electron chi connectivity index (χ1n) is 8.05. The number of fused-ring (bicyclic) bond motifs is 1. The highest BCUT2D eigenvalue weighted by Crippen LogP contribution is 2.31. The Morgan fingerprint density at radius 2 is 1.77 bits per heavy atom. The number of carbonyl (C=O) groups excluding carboxylic acids is 1. The van der Waals surface area contributed by atoms with Crippen molar-refractivity contribution in [3.05, 3.63) is 69.0 Å². The standard InChI is InChI=1S/C20H17ClO5/c1-12-9-20(23)26-18-11-19(16(21)10-15(12)18)25-8-7-24-17-6-4-3-5-14(17)13(2)22/h3-6,9-11H,7-8H2,1-2H3. The number of hydrogen-bond acceptors (Lipinski definition) is 5. The molecule has 2 aromatic carbocycles. The average Bonchev–Trinajstić information content (AvgIpc) is 2.60. The molecule has 0 N–H and O–H groups in total. The summed E-state index contributed by atoms with van der Waals surface area (Å²) in [6, 6.07) is 11.7. The van der Waals surface area contributed by atoms with Crippen LogP contribution < -0.4 is 15.1 Å². The number of halogens is 1. The lowest BCUT2D eigenvalue weighted by Crippen LogP contribution is -2.11. The molecule has 0 aliphatic heterocycles. The summed E-state index contributed by atoms with van der Waals surface area (Å²) in [5.41, 5.74) is 1.30. The van der Waals surface area contributed by atoms with Crippen LogP contribution in [0.4, 0.5) is 0 Å². The first-order chi connectivity index (χ1) is 12.5. The van der Waals surface area contributed by atoms with Gasteiger partial charge in [0.2, 0.25) is 0 Å². The molecule has 0 atom stereocenters. The van der Waals surface area contributed by atoms with E-state index in [1.165, 1.54) is 13.0 Å². The third kappa shape index (κ3) is 3.89. The SMILES string of the molecule is CC(=O)c1ccccc1OCCOc1cc2oc(=O)cc(C)c2cc1Cl. The lowest BCUT2D eigenvalue weighted by Gasteiger charge is -2.12. The van der Waals surface area contributed by atoms with Crippen molar-refractivity contribution in [2.45, 2.75) is 13.8 Å². The summed E-state index contributed by atoms with van der Waals surface area (Å²) in [6.45, 7) is 3.75. The third-order valence-electron chi connectivity index (χ3n) is 3.87. The van der Waals surface area contributed by atoms with Crippen molar-refractivity contribution >= 4 is 28.4 Å². The molecule has 0 radical (unpaired) electrons. The minimum absolute atomic E-state index is 0.0653. The van der Waals surface area contributed by atoms with Crippen LogP contribution in [0, 0.1) is 6.92 Å². The van der Waals surface area contributed by atoms with Crippen LogP contribution in [-0.4, -0.2) is 19.0 Å². The molecule has 5 nitrogen and oxygen atoms in total. The molecule has 0 spiro atoms. The lowest BCUT2D eigenvalue weighted by atomic mass is 10.1. The van der Waals surface area contributed by atoms with Crippen molar-refractivity contribution in [3.63, 3.8) is 0 Å². The molecule has 0 bridgehead atoms.